The summed E-state index contributed by atoms with van der Waals surface area (Å²) in [5.74, 6) is 1.75. The zero-order valence-corrected chi connectivity index (χ0v) is 15.0. The number of aromatic amines is 1. The van der Waals surface area contributed by atoms with E-state index in [1.54, 1.807) is 0 Å². The zero-order valence-electron chi connectivity index (χ0n) is 15.0. The summed E-state index contributed by atoms with van der Waals surface area (Å²) in [7, 11) is 2.00. The number of guanidine groups is 1. The third kappa shape index (κ3) is 4.39. The lowest BCUT2D eigenvalue weighted by Crippen LogP contribution is -2.39. The summed E-state index contributed by atoms with van der Waals surface area (Å²) in [5.41, 5.74) is 2.17. The molecule has 0 spiro atoms. The molecule has 25 heavy (non-hydrogen) atoms. The van der Waals surface area contributed by atoms with Gasteiger partial charge in [-0.3, -0.25) is 4.99 Å². The first kappa shape index (κ1) is 17.5. The van der Waals surface area contributed by atoms with Gasteiger partial charge >= 0.3 is 0 Å². The van der Waals surface area contributed by atoms with E-state index in [1.807, 2.05) is 31.4 Å². The number of H-pyrrole nitrogens is 1. The Morgan fingerprint density at radius 1 is 1.36 bits per heavy atom. The summed E-state index contributed by atoms with van der Waals surface area (Å²) in [4.78, 5) is 14.6. The van der Waals surface area contributed by atoms with Gasteiger partial charge in [0.2, 0.25) is 0 Å². The topological polar surface area (TPSA) is 76.5 Å². The van der Waals surface area contributed by atoms with Crippen LogP contribution in [0.3, 0.4) is 0 Å². The smallest absolute Gasteiger partial charge is 0.194 e. The van der Waals surface area contributed by atoms with Gasteiger partial charge in [-0.2, -0.15) is 0 Å². The number of aliphatic imine (C=N–C) groups is 1. The van der Waals surface area contributed by atoms with Gasteiger partial charge < -0.3 is 20.3 Å². The number of aliphatic hydroxyl groups excluding tert-OH is 1. The van der Waals surface area contributed by atoms with Gasteiger partial charge in [0.1, 0.15) is 5.82 Å². The third-order valence-electron chi connectivity index (χ3n) is 4.65. The Morgan fingerprint density at radius 2 is 2.12 bits per heavy atom. The van der Waals surface area contributed by atoms with Gasteiger partial charge in [-0.05, 0) is 25.3 Å². The van der Waals surface area contributed by atoms with E-state index >= 15 is 0 Å². The van der Waals surface area contributed by atoms with Crippen LogP contribution >= 0.6 is 0 Å². The molecule has 1 saturated carbocycles. The molecule has 3 rings (SSSR count). The molecule has 1 heterocycles. The van der Waals surface area contributed by atoms with Crippen molar-refractivity contribution in [3.8, 4) is 11.3 Å². The Kier molecular flexibility index (Phi) is 5.38. The van der Waals surface area contributed by atoms with Crippen LogP contribution in [0.4, 0.5) is 0 Å². The summed E-state index contributed by atoms with van der Waals surface area (Å²) < 4.78 is 0. The van der Waals surface area contributed by atoms with E-state index in [1.165, 1.54) is 0 Å². The minimum absolute atomic E-state index is 0.0205. The number of aliphatic hydroxyl groups is 1. The van der Waals surface area contributed by atoms with E-state index in [0.717, 1.165) is 42.4 Å². The maximum atomic E-state index is 9.47. The second-order valence-corrected chi connectivity index (χ2v) is 6.79. The maximum absolute atomic E-state index is 9.47. The number of benzene rings is 1. The Labute approximate surface area is 149 Å². The highest BCUT2D eigenvalue weighted by Gasteiger charge is 2.41. The zero-order chi connectivity index (χ0) is 17.7. The molecule has 134 valence electrons. The highest BCUT2D eigenvalue weighted by Crippen LogP contribution is 2.45. The van der Waals surface area contributed by atoms with Crippen molar-refractivity contribution in [3.05, 3.63) is 42.4 Å². The average molecular weight is 341 g/mol. The molecule has 6 heteroatoms. The van der Waals surface area contributed by atoms with E-state index in [0.29, 0.717) is 13.1 Å². The summed E-state index contributed by atoms with van der Waals surface area (Å²) in [5, 5.41) is 12.8. The van der Waals surface area contributed by atoms with Crippen LogP contribution in [0, 0.1) is 5.41 Å². The van der Waals surface area contributed by atoms with Crippen LogP contribution in [-0.2, 0) is 6.54 Å². The lowest BCUT2D eigenvalue weighted by atomic mass is 10.1. The van der Waals surface area contributed by atoms with Crippen LogP contribution in [0.15, 0.2) is 41.5 Å². The molecule has 0 atom stereocenters. The van der Waals surface area contributed by atoms with E-state index in [4.69, 9.17) is 4.99 Å². The number of aromatic nitrogens is 2. The molecule has 1 aliphatic carbocycles. The van der Waals surface area contributed by atoms with Crippen molar-refractivity contribution in [1.82, 2.24) is 20.2 Å². The van der Waals surface area contributed by atoms with E-state index < -0.39 is 0 Å². The van der Waals surface area contributed by atoms with Gasteiger partial charge in [-0.15, -0.1) is 0 Å². The quantitative estimate of drug-likeness (QED) is 0.533. The second kappa shape index (κ2) is 7.70. The minimum Gasteiger partial charge on any atom is -0.396 e. The van der Waals surface area contributed by atoms with Gasteiger partial charge in [0.15, 0.2) is 5.96 Å². The number of hydrogen-bond acceptors (Lipinski definition) is 3. The molecule has 1 aromatic carbocycles. The Balaban J connectivity index is 1.66. The molecular formula is C19H27N5O. The number of rotatable bonds is 7. The normalized spacial score (nSPS) is 15.9. The number of imidazole rings is 1. The molecule has 0 radical (unpaired) electrons. The van der Waals surface area contributed by atoms with Crippen molar-refractivity contribution < 1.29 is 5.11 Å². The lowest BCUT2D eigenvalue weighted by molar-refractivity contribution is 0.216. The predicted octanol–water partition coefficient (Wildman–Crippen LogP) is 2.25. The maximum Gasteiger partial charge on any atom is 0.194 e. The van der Waals surface area contributed by atoms with Crippen molar-refractivity contribution in [2.45, 2.75) is 26.3 Å². The Morgan fingerprint density at radius 3 is 2.76 bits per heavy atom. The summed E-state index contributed by atoms with van der Waals surface area (Å²) in [6.45, 7) is 4.40. The fourth-order valence-electron chi connectivity index (χ4n) is 2.76. The number of nitrogens with zero attached hydrogens (tertiary/aromatic N) is 3. The molecule has 0 saturated heterocycles. The van der Waals surface area contributed by atoms with E-state index in [-0.39, 0.29) is 12.0 Å². The molecule has 0 amide bonds. The van der Waals surface area contributed by atoms with Crippen molar-refractivity contribution in [2.75, 3.05) is 26.7 Å². The summed E-state index contributed by atoms with van der Waals surface area (Å²) in [6.07, 6.45) is 4.00. The Hall–Kier alpha value is -2.34. The van der Waals surface area contributed by atoms with Gasteiger partial charge in [-0.25, -0.2) is 4.98 Å². The summed E-state index contributed by atoms with van der Waals surface area (Å²) in [6, 6.07) is 10.2. The SMILES string of the molecule is CCNC(=NCC1(CO)CC1)N(C)Cc1ncc(-c2ccccc2)[nH]1. The monoisotopic (exact) mass is 341 g/mol. The first-order chi connectivity index (χ1) is 12.2. The molecule has 6 nitrogen and oxygen atoms in total. The standard InChI is InChI=1S/C19H27N5O/c1-3-20-18(22-13-19(14-25)9-10-19)24(2)12-17-21-11-16(23-17)15-7-5-4-6-8-15/h4-8,11,25H,3,9-10,12-14H2,1-2H3,(H,20,22)(H,21,23). The molecule has 0 bridgehead atoms. The van der Waals surface area contributed by atoms with Crippen LogP contribution < -0.4 is 5.32 Å². The second-order valence-electron chi connectivity index (χ2n) is 6.79. The summed E-state index contributed by atoms with van der Waals surface area (Å²) >= 11 is 0. The molecule has 1 fully saturated rings. The van der Waals surface area contributed by atoms with Crippen molar-refractivity contribution in [1.29, 1.82) is 0 Å². The molecule has 2 aromatic rings. The molecule has 1 aliphatic rings. The lowest BCUT2D eigenvalue weighted by Gasteiger charge is -2.22. The molecule has 0 unspecified atom stereocenters. The van der Waals surface area contributed by atoms with Crippen LogP contribution in [0.2, 0.25) is 0 Å². The average Bonchev–Trinajstić information content (AvgIpc) is 3.28. The highest BCUT2D eigenvalue weighted by atomic mass is 16.3. The molecule has 0 aliphatic heterocycles. The van der Waals surface area contributed by atoms with Crippen molar-refractivity contribution in [2.24, 2.45) is 10.4 Å². The van der Waals surface area contributed by atoms with Crippen LogP contribution in [0.25, 0.3) is 11.3 Å². The third-order valence-corrected chi connectivity index (χ3v) is 4.65. The van der Waals surface area contributed by atoms with Gasteiger partial charge in [-0.1, -0.05) is 30.3 Å². The fourth-order valence-corrected chi connectivity index (χ4v) is 2.76. The van der Waals surface area contributed by atoms with Crippen molar-refractivity contribution >= 4 is 5.96 Å². The Bertz CT molecular complexity index is 706. The predicted molar refractivity (Wildman–Crippen MR) is 100 cm³/mol. The van der Waals surface area contributed by atoms with Crippen LogP contribution in [0.5, 0.6) is 0 Å². The molecular weight excluding hydrogens is 314 g/mol. The van der Waals surface area contributed by atoms with E-state index in [9.17, 15) is 5.11 Å². The molecule has 1 aromatic heterocycles. The fraction of sp³-hybridized carbons (Fsp3) is 0.474. The first-order valence-corrected chi connectivity index (χ1v) is 8.85. The van der Waals surface area contributed by atoms with Crippen molar-refractivity contribution in [3.63, 3.8) is 0 Å². The number of nitrogens with one attached hydrogen (secondary N) is 2. The number of hydrogen-bond donors (Lipinski definition) is 3. The molecule has 3 N–H and O–H groups in total. The van der Waals surface area contributed by atoms with Crippen LogP contribution in [-0.4, -0.2) is 52.7 Å². The van der Waals surface area contributed by atoms with Crippen LogP contribution in [0.1, 0.15) is 25.6 Å². The first-order valence-electron chi connectivity index (χ1n) is 8.85. The largest absolute Gasteiger partial charge is 0.396 e. The van der Waals surface area contributed by atoms with Gasteiger partial charge in [0, 0.05) is 19.0 Å². The van der Waals surface area contributed by atoms with Gasteiger partial charge in [0.25, 0.3) is 0 Å². The highest BCUT2D eigenvalue weighted by molar-refractivity contribution is 5.79. The van der Waals surface area contributed by atoms with Gasteiger partial charge in [0.05, 0.1) is 31.6 Å². The van der Waals surface area contributed by atoms with E-state index in [2.05, 4.69) is 39.2 Å². The minimum atomic E-state index is 0.0205.